The van der Waals surface area contributed by atoms with Gasteiger partial charge >= 0.3 is 0 Å². The Kier molecular flexibility index (Phi) is 10.4. The minimum Gasteiger partial charge on any atom is -0.507 e. The second kappa shape index (κ2) is 14.4. The number of aromatic hydroxyl groups is 1. The number of phenolic OH excluding ortho intramolecular Hbond substituents is 1. The van der Waals surface area contributed by atoms with Crippen LogP contribution < -0.4 is 20.5 Å². The van der Waals surface area contributed by atoms with Crippen LogP contribution in [0.15, 0.2) is 72.8 Å². The quantitative estimate of drug-likeness (QED) is 0.281. The van der Waals surface area contributed by atoms with Gasteiger partial charge < -0.3 is 15.2 Å². The molecule has 1 amide bonds. The number of ether oxygens (including phenoxy) is 1. The van der Waals surface area contributed by atoms with Crippen LogP contribution in [-0.4, -0.2) is 24.2 Å². The SMILES string of the molecule is C\C=C/C=c1/cc(-c2cc(C(=O)NCCCc3ccccc3)ccc2OCC2CCCC2)cc(O)/c1=C\CC. The number of phenols is 1. The number of amides is 1. The van der Waals surface area contributed by atoms with E-state index in [1.165, 1.54) is 31.2 Å². The number of carbonyl (C=O) groups excluding carboxylic acids is 1. The molecular formula is C35H41NO3. The Bertz CT molecular complexity index is 1390. The van der Waals surface area contributed by atoms with Crippen molar-refractivity contribution in [3.63, 3.8) is 0 Å². The Morgan fingerprint density at radius 2 is 1.87 bits per heavy atom. The Morgan fingerprint density at radius 1 is 1.08 bits per heavy atom. The Hall–Kier alpha value is -3.79. The zero-order chi connectivity index (χ0) is 27.5. The van der Waals surface area contributed by atoms with Gasteiger partial charge in [-0.3, -0.25) is 4.79 Å². The van der Waals surface area contributed by atoms with Gasteiger partial charge in [0.1, 0.15) is 11.5 Å². The van der Waals surface area contributed by atoms with Crippen LogP contribution in [0.1, 0.15) is 68.3 Å². The molecule has 0 unspecified atom stereocenters. The molecule has 39 heavy (non-hydrogen) atoms. The number of carbonyl (C=O) groups is 1. The first-order chi connectivity index (χ1) is 19.1. The lowest BCUT2D eigenvalue weighted by atomic mass is 9.98. The van der Waals surface area contributed by atoms with E-state index in [9.17, 15) is 9.90 Å². The van der Waals surface area contributed by atoms with Gasteiger partial charge in [0, 0.05) is 22.9 Å². The average Bonchev–Trinajstić information content (AvgIpc) is 3.48. The number of aryl methyl sites for hydroxylation is 1. The average molecular weight is 524 g/mol. The normalized spacial score (nSPS) is 14.8. The molecule has 4 nitrogen and oxygen atoms in total. The van der Waals surface area contributed by atoms with Crippen molar-refractivity contribution < 1.29 is 14.6 Å². The van der Waals surface area contributed by atoms with Gasteiger partial charge in [-0.15, -0.1) is 0 Å². The van der Waals surface area contributed by atoms with Crippen LogP contribution >= 0.6 is 0 Å². The standard InChI is InChI=1S/C35H41NO3/c1-3-5-18-28-22-30(24-33(37)31(28)12-4-2)32-23-29(19-20-34(32)39-25-27-15-9-10-16-27)35(38)36-21-11-17-26-13-7-6-8-14-26/h3,5-8,12-14,18-20,22-24,27,37H,4,9-11,15-17,21,25H2,1-2H3,(H,36,38)/b5-3-,28-18-,31-12-. The highest BCUT2D eigenvalue weighted by atomic mass is 16.5. The van der Waals surface area contributed by atoms with E-state index in [0.717, 1.165) is 46.6 Å². The highest BCUT2D eigenvalue weighted by Gasteiger charge is 2.18. The number of hydrogen-bond acceptors (Lipinski definition) is 3. The molecule has 1 saturated carbocycles. The van der Waals surface area contributed by atoms with Gasteiger partial charge in [0.25, 0.3) is 5.91 Å². The van der Waals surface area contributed by atoms with Gasteiger partial charge in [-0.1, -0.05) is 74.4 Å². The van der Waals surface area contributed by atoms with Crippen LogP contribution in [0.3, 0.4) is 0 Å². The highest BCUT2D eigenvalue weighted by molar-refractivity contribution is 5.96. The summed E-state index contributed by atoms with van der Waals surface area (Å²) >= 11 is 0. The van der Waals surface area contributed by atoms with Gasteiger partial charge in [0.05, 0.1) is 6.61 Å². The molecule has 1 fully saturated rings. The molecule has 3 aromatic rings. The van der Waals surface area contributed by atoms with Gasteiger partial charge in [0.2, 0.25) is 0 Å². The van der Waals surface area contributed by atoms with Crippen LogP contribution in [0.2, 0.25) is 0 Å². The van der Waals surface area contributed by atoms with E-state index in [1.807, 2.05) is 67.6 Å². The lowest BCUT2D eigenvalue weighted by Gasteiger charge is -2.17. The van der Waals surface area contributed by atoms with Crippen molar-refractivity contribution in [3.05, 3.63) is 94.4 Å². The second-order valence-corrected chi connectivity index (χ2v) is 10.3. The first kappa shape index (κ1) is 28.2. The van der Waals surface area contributed by atoms with Crippen LogP contribution in [-0.2, 0) is 6.42 Å². The maximum Gasteiger partial charge on any atom is 0.251 e. The van der Waals surface area contributed by atoms with Crippen molar-refractivity contribution >= 4 is 18.1 Å². The maximum atomic E-state index is 13.1. The van der Waals surface area contributed by atoms with Gasteiger partial charge in [0.15, 0.2) is 0 Å². The third kappa shape index (κ3) is 7.86. The van der Waals surface area contributed by atoms with E-state index in [4.69, 9.17) is 4.74 Å². The molecule has 4 rings (SSSR count). The monoisotopic (exact) mass is 523 g/mol. The van der Waals surface area contributed by atoms with E-state index in [2.05, 4.69) is 30.4 Å². The molecule has 0 spiro atoms. The number of nitrogens with one attached hydrogen (secondary N) is 1. The summed E-state index contributed by atoms with van der Waals surface area (Å²) in [6.45, 7) is 5.31. The smallest absolute Gasteiger partial charge is 0.251 e. The fraction of sp³-hybridized carbons (Fsp3) is 0.343. The van der Waals surface area contributed by atoms with Crippen LogP contribution in [0.5, 0.6) is 11.5 Å². The first-order valence-corrected chi connectivity index (χ1v) is 14.3. The summed E-state index contributed by atoms with van der Waals surface area (Å²) in [6.07, 6.45) is 15.5. The predicted molar refractivity (Wildman–Crippen MR) is 161 cm³/mol. The summed E-state index contributed by atoms with van der Waals surface area (Å²) in [5, 5.41) is 15.8. The molecular weight excluding hydrogens is 482 g/mol. The molecule has 0 aromatic heterocycles. The third-order valence-electron chi connectivity index (χ3n) is 7.34. The van der Waals surface area contributed by atoms with Crippen molar-refractivity contribution in [3.8, 4) is 22.6 Å². The molecule has 204 valence electrons. The van der Waals surface area contributed by atoms with E-state index in [-0.39, 0.29) is 11.7 Å². The van der Waals surface area contributed by atoms with Crippen molar-refractivity contribution in [2.24, 2.45) is 5.92 Å². The molecule has 3 aromatic carbocycles. The number of rotatable bonds is 11. The Morgan fingerprint density at radius 3 is 2.62 bits per heavy atom. The lowest BCUT2D eigenvalue weighted by Crippen LogP contribution is -2.25. The minimum atomic E-state index is -0.104. The molecule has 2 N–H and O–H groups in total. The summed E-state index contributed by atoms with van der Waals surface area (Å²) in [4.78, 5) is 13.1. The maximum absolute atomic E-state index is 13.1. The summed E-state index contributed by atoms with van der Waals surface area (Å²) < 4.78 is 6.35. The van der Waals surface area contributed by atoms with E-state index >= 15 is 0 Å². The van der Waals surface area contributed by atoms with Crippen molar-refractivity contribution in [2.45, 2.75) is 58.8 Å². The first-order valence-electron chi connectivity index (χ1n) is 14.3. The molecule has 0 heterocycles. The summed E-state index contributed by atoms with van der Waals surface area (Å²) in [5.74, 6) is 1.43. The highest BCUT2D eigenvalue weighted by Crippen LogP contribution is 2.33. The molecule has 0 bridgehead atoms. The lowest BCUT2D eigenvalue weighted by molar-refractivity contribution is 0.0953. The summed E-state index contributed by atoms with van der Waals surface area (Å²) in [5.41, 5.74) is 3.50. The molecule has 0 aliphatic heterocycles. The van der Waals surface area contributed by atoms with E-state index in [0.29, 0.717) is 24.6 Å². The van der Waals surface area contributed by atoms with E-state index < -0.39 is 0 Å². The fourth-order valence-electron chi connectivity index (χ4n) is 5.23. The van der Waals surface area contributed by atoms with Crippen molar-refractivity contribution in [1.29, 1.82) is 0 Å². The largest absolute Gasteiger partial charge is 0.507 e. The fourth-order valence-corrected chi connectivity index (χ4v) is 5.23. The molecule has 1 aliphatic carbocycles. The summed E-state index contributed by atoms with van der Waals surface area (Å²) in [6, 6.07) is 19.8. The Labute approximate surface area is 232 Å². The van der Waals surface area contributed by atoms with Crippen LogP contribution in [0, 0.1) is 5.92 Å². The van der Waals surface area contributed by atoms with Crippen LogP contribution in [0.4, 0.5) is 0 Å². The van der Waals surface area contributed by atoms with Gasteiger partial charge in [-0.25, -0.2) is 0 Å². The van der Waals surface area contributed by atoms with E-state index in [1.54, 1.807) is 6.07 Å². The molecule has 1 aliphatic rings. The van der Waals surface area contributed by atoms with Crippen molar-refractivity contribution in [1.82, 2.24) is 5.32 Å². The topological polar surface area (TPSA) is 58.6 Å². The molecule has 0 saturated heterocycles. The minimum absolute atomic E-state index is 0.104. The number of allylic oxidation sites excluding steroid dienone is 2. The molecule has 4 heteroatoms. The zero-order valence-electron chi connectivity index (χ0n) is 23.3. The van der Waals surface area contributed by atoms with Gasteiger partial charge in [-0.05, 0) is 91.6 Å². The predicted octanol–water partition coefficient (Wildman–Crippen LogP) is 6.54. The second-order valence-electron chi connectivity index (χ2n) is 10.3. The van der Waals surface area contributed by atoms with Crippen LogP contribution in [0.25, 0.3) is 23.3 Å². The van der Waals surface area contributed by atoms with Crippen molar-refractivity contribution in [2.75, 3.05) is 13.2 Å². The molecule has 0 radical (unpaired) electrons. The molecule has 0 atom stereocenters. The number of hydrogen-bond donors (Lipinski definition) is 2. The third-order valence-corrected chi connectivity index (χ3v) is 7.34. The number of benzene rings is 3. The Balaban J connectivity index is 1.62. The van der Waals surface area contributed by atoms with Gasteiger partial charge in [-0.2, -0.15) is 0 Å². The summed E-state index contributed by atoms with van der Waals surface area (Å²) in [7, 11) is 0. The zero-order valence-corrected chi connectivity index (χ0v) is 23.3.